The Hall–Kier alpha value is -3.51. The van der Waals surface area contributed by atoms with Crippen LogP contribution in [0.15, 0.2) is 42.6 Å². The van der Waals surface area contributed by atoms with Crippen LogP contribution in [0.4, 0.5) is 0 Å². The van der Waals surface area contributed by atoms with Gasteiger partial charge in [-0.15, -0.1) is 0 Å². The SMILES string of the molecule is Cc1cc2nc(C3CCCCC3)ccc2c(-c2ccc3c4c(ccnc24)CCO3)c1C(OC(C)(C)C)C(=O)O. The first-order chi connectivity index (χ1) is 18.7. The number of aryl methyl sites for hydroxylation is 1. The largest absolute Gasteiger partial charge is 0.493 e. The number of carboxylic acids is 1. The zero-order valence-corrected chi connectivity index (χ0v) is 23.2. The fraction of sp³-hybridized carbons (Fsp3) is 0.424. The lowest BCUT2D eigenvalue weighted by molar-refractivity contribution is -0.160. The van der Waals surface area contributed by atoms with Crippen molar-refractivity contribution in [2.45, 2.75) is 83.8 Å². The number of rotatable bonds is 5. The van der Waals surface area contributed by atoms with Crippen molar-refractivity contribution in [3.63, 3.8) is 0 Å². The van der Waals surface area contributed by atoms with Crippen LogP contribution < -0.4 is 4.74 Å². The molecule has 1 N–H and O–H groups in total. The van der Waals surface area contributed by atoms with Gasteiger partial charge in [-0.1, -0.05) is 25.3 Å². The zero-order valence-electron chi connectivity index (χ0n) is 23.2. The topological polar surface area (TPSA) is 81.5 Å². The molecule has 6 nitrogen and oxygen atoms in total. The summed E-state index contributed by atoms with van der Waals surface area (Å²) >= 11 is 0. The zero-order chi connectivity index (χ0) is 27.3. The average molecular weight is 525 g/mol. The Balaban J connectivity index is 1.66. The number of carbonyl (C=O) groups is 1. The molecule has 1 aliphatic heterocycles. The van der Waals surface area contributed by atoms with Crippen LogP contribution in [-0.4, -0.2) is 33.3 Å². The molecule has 0 saturated heterocycles. The second kappa shape index (κ2) is 9.91. The summed E-state index contributed by atoms with van der Waals surface area (Å²) in [4.78, 5) is 22.8. The molecule has 6 rings (SSSR count). The van der Waals surface area contributed by atoms with Gasteiger partial charge in [0.05, 0.1) is 23.2 Å². The summed E-state index contributed by atoms with van der Waals surface area (Å²) < 4.78 is 12.2. The van der Waals surface area contributed by atoms with E-state index in [1.807, 2.05) is 58.2 Å². The third-order valence-electron chi connectivity index (χ3n) is 8.08. The molecule has 0 bridgehead atoms. The van der Waals surface area contributed by atoms with Crippen molar-refractivity contribution in [2.75, 3.05) is 6.61 Å². The molecule has 1 unspecified atom stereocenters. The summed E-state index contributed by atoms with van der Waals surface area (Å²) in [6, 6.07) is 12.4. The molecule has 4 aromatic rings. The second-order valence-electron chi connectivity index (χ2n) is 12.0. The summed E-state index contributed by atoms with van der Waals surface area (Å²) in [6.07, 6.45) is 7.62. The number of ether oxygens (including phenoxy) is 2. The fourth-order valence-corrected chi connectivity index (χ4v) is 6.38. The van der Waals surface area contributed by atoms with Crippen LogP contribution in [0.1, 0.15) is 87.3 Å². The highest BCUT2D eigenvalue weighted by Gasteiger charge is 2.33. The van der Waals surface area contributed by atoms with Crippen LogP contribution >= 0.6 is 0 Å². The van der Waals surface area contributed by atoms with Crippen molar-refractivity contribution in [3.05, 3.63) is 65.0 Å². The Bertz CT molecular complexity index is 1570. The lowest BCUT2D eigenvalue weighted by atomic mass is 9.84. The van der Waals surface area contributed by atoms with E-state index in [1.165, 1.54) is 37.7 Å². The van der Waals surface area contributed by atoms with Gasteiger partial charge in [0, 0.05) is 46.1 Å². The number of benzene rings is 2. The van der Waals surface area contributed by atoms with E-state index < -0.39 is 17.7 Å². The Morgan fingerprint density at radius 3 is 2.64 bits per heavy atom. The van der Waals surface area contributed by atoms with E-state index in [4.69, 9.17) is 19.4 Å². The molecule has 39 heavy (non-hydrogen) atoms. The number of carboxylic acid groups (broad SMARTS) is 1. The number of aromatic nitrogens is 2. The number of aliphatic carboxylic acids is 1. The van der Waals surface area contributed by atoms with Gasteiger partial charge in [0.2, 0.25) is 0 Å². The van der Waals surface area contributed by atoms with E-state index in [2.05, 4.69) is 12.1 Å². The normalized spacial score (nSPS) is 16.8. The molecule has 0 spiro atoms. The van der Waals surface area contributed by atoms with E-state index in [9.17, 15) is 9.90 Å². The minimum Gasteiger partial charge on any atom is -0.493 e. The molecule has 1 atom stereocenters. The highest BCUT2D eigenvalue weighted by Crippen LogP contribution is 2.45. The van der Waals surface area contributed by atoms with Gasteiger partial charge in [0.15, 0.2) is 6.10 Å². The number of hydrogen-bond acceptors (Lipinski definition) is 5. The lowest BCUT2D eigenvalue weighted by Crippen LogP contribution is -2.28. The third kappa shape index (κ3) is 4.76. The van der Waals surface area contributed by atoms with Crippen molar-refractivity contribution in [1.82, 2.24) is 9.97 Å². The number of pyridine rings is 2. The van der Waals surface area contributed by atoms with Crippen LogP contribution in [0, 0.1) is 6.92 Å². The van der Waals surface area contributed by atoms with Gasteiger partial charge < -0.3 is 14.6 Å². The van der Waals surface area contributed by atoms with Gasteiger partial charge in [0.1, 0.15) is 5.75 Å². The van der Waals surface area contributed by atoms with Gasteiger partial charge in [-0.05, 0) is 87.6 Å². The minimum atomic E-state index is -1.15. The molecule has 1 fully saturated rings. The standard InChI is InChI=1S/C33H36N2O4/c1-19-18-25-22(10-12-24(35-25)20-8-6-5-7-9-20)29(27(19)31(32(36)37)39-33(2,3)4)23-11-13-26-28-21(15-17-38-26)14-16-34-30(23)28/h10-14,16,18,20,31H,5-9,15,17H2,1-4H3,(H,36,37). The second-order valence-corrected chi connectivity index (χ2v) is 12.0. The highest BCUT2D eigenvalue weighted by atomic mass is 16.5. The molecule has 202 valence electrons. The Morgan fingerprint density at radius 2 is 1.90 bits per heavy atom. The van der Waals surface area contributed by atoms with Gasteiger partial charge in [-0.3, -0.25) is 9.97 Å². The molecular formula is C33H36N2O4. The third-order valence-corrected chi connectivity index (χ3v) is 8.08. The minimum absolute atomic E-state index is 0.474. The molecule has 2 aromatic carbocycles. The quantitative estimate of drug-likeness (QED) is 0.288. The van der Waals surface area contributed by atoms with Crippen molar-refractivity contribution in [2.24, 2.45) is 0 Å². The van der Waals surface area contributed by atoms with E-state index in [0.717, 1.165) is 56.4 Å². The van der Waals surface area contributed by atoms with Gasteiger partial charge in [-0.25, -0.2) is 4.79 Å². The fourth-order valence-electron chi connectivity index (χ4n) is 6.38. The summed E-state index contributed by atoms with van der Waals surface area (Å²) in [5.41, 5.74) is 6.56. The highest BCUT2D eigenvalue weighted by molar-refractivity contribution is 6.08. The van der Waals surface area contributed by atoms with E-state index >= 15 is 0 Å². The molecule has 0 radical (unpaired) electrons. The first-order valence-corrected chi connectivity index (χ1v) is 14.1. The summed E-state index contributed by atoms with van der Waals surface area (Å²) in [5.74, 6) is 0.279. The van der Waals surface area contributed by atoms with Gasteiger partial charge >= 0.3 is 5.97 Å². The predicted molar refractivity (Wildman–Crippen MR) is 153 cm³/mol. The summed E-state index contributed by atoms with van der Waals surface area (Å²) in [7, 11) is 0. The molecular weight excluding hydrogens is 488 g/mol. The Labute approximate surface area is 229 Å². The molecule has 0 amide bonds. The average Bonchev–Trinajstić information content (AvgIpc) is 2.91. The summed E-state index contributed by atoms with van der Waals surface area (Å²) in [6.45, 7) is 8.27. The first kappa shape index (κ1) is 25.8. The van der Waals surface area contributed by atoms with Crippen molar-refractivity contribution < 1.29 is 19.4 Å². The smallest absolute Gasteiger partial charge is 0.337 e. The summed E-state index contributed by atoms with van der Waals surface area (Å²) in [5, 5.41) is 12.4. The lowest BCUT2D eigenvalue weighted by Gasteiger charge is -2.29. The maximum absolute atomic E-state index is 12.8. The van der Waals surface area contributed by atoms with Gasteiger partial charge in [-0.2, -0.15) is 0 Å². The molecule has 3 heterocycles. The maximum Gasteiger partial charge on any atom is 0.337 e. The molecule has 1 aliphatic carbocycles. The van der Waals surface area contributed by atoms with Gasteiger partial charge in [0.25, 0.3) is 0 Å². The molecule has 6 heteroatoms. The van der Waals surface area contributed by atoms with Crippen LogP contribution in [0.3, 0.4) is 0 Å². The van der Waals surface area contributed by atoms with E-state index in [1.54, 1.807) is 0 Å². The first-order valence-electron chi connectivity index (χ1n) is 14.1. The number of fused-ring (bicyclic) bond motifs is 1. The van der Waals surface area contributed by atoms with Crippen LogP contribution in [0.5, 0.6) is 5.75 Å². The predicted octanol–water partition coefficient (Wildman–Crippen LogP) is 7.68. The van der Waals surface area contributed by atoms with E-state index in [0.29, 0.717) is 18.1 Å². The number of nitrogens with zero attached hydrogens (tertiary/aromatic N) is 2. The van der Waals surface area contributed by atoms with Crippen molar-refractivity contribution >= 4 is 27.8 Å². The van der Waals surface area contributed by atoms with Crippen LogP contribution in [0.2, 0.25) is 0 Å². The molecule has 1 saturated carbocycles. The monoisotopic (exact) mass is 524 g/mol. The Kier molecular flexibility index (Phi) is 6.54. The van der Waals surface area contributed by atoms with Crippen LogP contribution in [0.25, 0.3) is 32.9 Å². The number of hydrogen-bond donors (Lipinski definition) is 1. The van der Waals surface area contributed by atoms with Crippen LogP contribution in [-0.2, 0) is 16.0 Å². The van der Waals surface area contributed by atoms with Crippen molar-refractivity contribution in [1.29, 1.82) is 0 Å². The molecule has 2 aromatic heterocycles. The van der Waals surface area contributed by atoms with Crippen molar-refractivity contribution in [3.8, 4) is 16.9 Å². The molecule has 2 aliphatic rings. The van der Waals surface area contributed by atoms with E-state index in [-0.39, 0.29) is 0 Å². The Morgan fingerprint density at radius 1 is 1.10 bits per heavy atom. The maximum atomic E-state index is 12.8.